The predicted molar refractivity (Wildman–Crippen MR) is 62.8 cm³/mol. The minimum absolute atomic E-state index is 0.0736. The van der Waals surface area contributed by atoms with Crippen LogP contribution < -0.4 is 5.32 Å². The maximum Gasteiger partial charge on any atom is 0.221 e. The summed E-state index contributed by atoms with van der Waals surface area (Å²) in [6, 6.07) is 9.90. The normalized spacial score (nSPS) is 11.6. The van der Waals surface area contributed by atoms with Crippen LogP contribution in [0.1, 0.15) is 30.4 Å². The van der Waals surface area contributed by atoms with Gasteiger partial charge in [-0.2, -0.15) is 5.26 Å². The maximum absolute atomic E-state index is 11.4. The first-order valence-corrected chi connectivity index (χ1v) is 5.40. The van der Waals surface area contributed by atoms with Crippen molar-refractivity contribution in [3.8, 4) is 6.07 Å². The lowest BCUT2D eigenvalue weighted by atomic mass is 9.95. The van der Waals surface area contributed by atoms with Gasteiger partial charge in [0.2, 0.25) is 5.91 Å². The van der Waals surface area contributed by atoms with Crippen molar-refractivity contribution in [1.82, 2.24) is 5.32 Å². The number of benzene rings is 1. The zero-order valence-corrected chi connectivity index (χ0v) is 9.66. The van der Waals surface area contributed by atoms with E-state index in [1.165, 1.54) is 0 Å². The van der Waals surface area contributed by atoms with Gasteiger partial charge in [0.1, 0.15) is 0 Å². The minimum Gasteiger partial charge on any atom is -0.356 e. The number of hydrogen-bond donors (Lipinski definition) is 1. The Balaban J connectivity index is 2.76. The molecule has 0 saturated heterocycles. The van der Waals surface area contributed by atoms with Crippen LogP contribution in [0.15, 0.2) is 24.3 Å². The number of aryl methyl sites for hydroxylation is 1. The van der Waals surface area contributed by atoms with E-state index in [2.05, 4.69) is 11.4 Å². The Kier molecular flexibility index (Phi) is 4.53. The van der Waals surface area contributed by atoms with Crippen molar-refractivity contribution in [2.24, 2.45) is 0 Å². The van der Waals surface area contributed by atoms with E-state index in [1.807, 2.05) is 38.1 Å². The third kappa shape index (κ3) is 3.39. The van der Waals surface area contributed by atoms with Gasteiger partial charge < -0.3 is 5.32 Å². The van der Waals surface area contributed by atoms with Crippen molar-refractivity contribution < 1.29 is 4.79 Å². The molecule has 0 aliphatic carbocycles. The summed E-state index contributed by atoms with van der Waals surface area (Å²) in [5.74, 6) is -0.429. The van der Waals surface area contributed by atoms with Crippen molar-refractivity contribution in [2.45, 2.75) is 26.2 Å². The molecule has 0 bridgehead atoms. The van der Waals surface area contributed by atoms with Gasteiger partial charge in [0.25, 0.3) is 0 Å². The Labute approximate surface area is 96.1 Å². The van der Waals surface area contributed by atoms with E-state index in [9.17, 15) is 4.79 Å². The maximum atomic E-state index is 11.4. The molecule has 0 spiro atoms. The lowest BCUT2D eigenvalue weighted by Gasteiger charge is -2.09. The first-order chi connectivity index (χ1) is 7.67. The van der Waals surface area contributed by atoms with Gasteiger partial charge in [0.15, 0.2) is 0 Å². The van der Waals surface area contributed by atoms with Gasteiger partial charge in [-0.05, 0) is 19.4 Å². The molecule has 16 heavy (non-hydrogen) atoms. The van der Waals surface area contributed by atoms with E-state index in [-0.39, 0.29) is 18.2 Å². The Hall–Kier alpha value is -1.82. The second kappa shape index (κ2) is 5.92. The molecule has 1 amide bonds. The molecule has 0 aromatic heterocycles. The van der Waals surface area contributed by atoms with Crippen molar-refractivity contribution in [3.05, 3.63) is 35.4 Å². The van der Waals surface area contributed by atoms with Crippen LogP contribution in [-0.2, 0) is 4.79 Å². The Bertz CT molecular complexity index is 407. The molecule has 0 aliphatic heterocycles. The van der Waals surface area contributed by atoms with Gasteiger partial charge in [-0.25, -0.2) is 0 Å². The fraction of sp³-hybridized carbons (Fsp3) is 0.385. The molecule has 1 atom stereocenters. The molecule has 1 unspecified atom stereocenters. The van der Waals surface area contributed by atoms with Crippen molar-refractivity contribution in [2.75, 3.05) is 6.54 Å². The summed E-state index contributed by atoms with van der Waals surface area (Å²) < 4.78 is 0. The van der Waals surface area contributed by atoms with E-state index < -0.39 is 0 Å². The SMILES string of the molecule is CCNC(=O)CC(C#N)c1cccc(C)c1. The topological polar surface area (TPSA) is 52.9 Å². The Morgan fingerprint density at radius 2 is 2.31 bits per heavy atom. The average molecular weight is 216 g/mol. The van der Waals surface area contributed by atoms with Crippen LogP contribution >= 0.6 is 0 Å². The summed E-state index contributed by atoms with van der Waals surface area (Å²) in [7, 11) is 0. The highest BCUT2D eigenvalue weighted by molar-refractivity contribution is 5.77. The van der Waals surface area contributed by atoms with E-state index >= 15 is 0 Å². The second-order valence-corrected chi connectivity index (χ2v) is 3.75. The van der Waals surface area contributed by atoms with Gasteiger partial charge in [0.05, 0.1) is 12.0 Å². The summed E-state index contributed by atoms with van der Waals surface area (Å²) in [6.07, 6.45) is 0.230. The molecule has 3 heteroatoms. The quantitative estimate of drug-likeness (QED) is 0.838. The van der Waals surface area contributed by atoms with Gasteiger partial charge in [0, 0.05) is 13.0 Å². The van der Waals surface area contributed by atoms with Gasteiger partial charge in [-0.15, -0.1) is 0 Å². The summed E-state index contributed by atoms with van der Waals surface area (Å²) in [4.78, 5) is 11.4. The third-order valence-electron chi connectivity index (χ3n) is 2.36. The van der Waals surface area contributed by atoms with E-state index in [0.29, 0.717) is 6.54 Å². The fourth-order valence-electron chi connectivity index (χ4n) is 1.58. The molecule has 1 aromatic carbocycles. The van der Waals surface area contributed by atoms with E-state index in [0.717, 1.165) is 11.1 Å². The van der Waals surface area contributed by atoms with Crippen LogP contribution in [-0.4, -0.2) is 12.5 Å². The van der Waals surface area contributed by atoms with Gasteiger partial charge in [-0.3, -0.25) is 4.79 Å². The van der Waals surface area contributed by atoms with Crippen molar-refractivity contribution in [3.63, 3.8) is 0 Å². The molecule has 3 nitrogen and oxygen atoms in total. The van der Waals surface area contributed by atoms with Crippen molar-refractivity contribution >= 4 is 5.91 Å². The zero-order valence-electron chi connectivity index (χ0n) is 9.66. The minimum atomic E-state index is -0.355. The number of carbonyl (C=O) groups excluding carboxylic acids is 1. The molecule has 0 heterocycles. The number of nitrogens with one attached hydrogen (secondary N) is 1. The van der Waals surface area contributed by atoms with E-state index in [4.69, 9.17) is 5.26 Å². The lowest BCUT2D eigenvalue weighted by Crippen LogP contribution is -2.24. The second-order valence-electron chi connectivity index (χ2n) is 3.75. The number of nitriles is 1. The molecular weight excluding hydrogens is 200 g/mol. The van der Waals surface area contributed by atoms with Gasteiger partial charge in [-0.1, -0.05) is 29.8 Å². The Morgan fingerprint density at radius 3 is 2.88 bits per heavy atom. The lowest BCUT2D eigenvalue weighted by molar-refractivity contribution is -0.121. The molecule has 84 valence electrons. The molecule has 0 saturated carbocycles. The van der Waals surface area contributed by atoms with Crippen LogP contribution in [0, 0.1) is 18.3 Å². The first kappa shape index (κ1) is 12.3. The number of hydrogen-bond acceptors (Lipinski definition) is 2. The molecule has 0 aliphatic rings. The predicted octanol–water partition coefficient (Wildman–Crippen LogP) is 2.13. The molecule has 1 rings (SSSR count). The molecule has 0 radical (unpaired) electrons. The van der Waals surface area contributed by atoms with Crippen molar-refractivity contribution in [1.29, 1.82) is 5.26 Å². The highest BCUT2D eigenvalue weighted by atomic mass is 16.1. The molecular formula is C13H16N2O. The van der Waals surface area contributed by atoms with Crippen LogP contribution in [0.4, 0.5) is 0 Å². The van der Waals surface area contributed by atoms with Crippen LogP contribution in [0.2, 0.25) is 0 Å². The summed E-state index contributed by atoms with van der Waals surface area (Å²) in [5.41, 5.74) is 2.02. The number of carbonyl (C=O) groups is 1. The highest BCUT2D eigenvalue weighted by Crippen LogP contribution is 2.19. The first-order valence-electron chi connectivity index (χ1n) is 5.40. The third-order valence-corrected chi connectivity index (χ3v) is 2.36. The zero-order chi connectivity index (χ0) is 12.0. The molecule has 0 fully saturated rings. The number of rotatable bonds is 4. The molecule has 1 N–H and O–H groups in total. The summed E-state index contributed by atoms with van der Waals surface area (Å²) in [6.45, 7) is 4.45. The number of amides is 1. The smallest absolute Gasteiger partial charge is 0.221 e. The van der Waals surface area contributed by atoms with Crippen LogP contribution in [0.25, 0.3) is 0 Å². The van der Waals surface area contributed by atoms with E-state index in [1.54, 1.807) is 0 Å². The Morgan fingerprint density at radius 1 is 1.56 bits per heavy atom. The summed E-state index contributed by atoms with van der Waals surface area (Å²) in [5, 5.41) is 11.8. The number of nitrogens with zero attached hydrogens (tertiary/aromatic N) is 1. The van der Waals surface area contributed by atoms with Gasteiger partial charge >= 0.3 is 0 Å². The average Bonchev–Trinajstić information content (AvgIpc) is 2.26. The highest BCUT2D eigenvalue weighted by Gasteiger charge is 2.14. The summed E-state index contributed by atoms with van der Waals surface area (Å²) >= 11 is 0. The standard InChI is InChI=1S/C13H16N2O/c1-3-15-13(16)8-12(9-14)11-6-4-5-10(2)7-11/h4-7,12H,3,8H2,1-2H3,(H,15,16). The molecule has 1 aromatic rings. The largest absolute Gasteiger partial charge is 0.356 e. The monoisotopic (exact) mass is 216 g/mol. The van der Waals surface area contributed by atoms with Crippen LogP contribution in [0.3, 0.4) is 0 Å². The fourth-order valence-corrected chi connectivity index (χ4v) is 1.58. The van der Waals surface area contributed by atoms with Crippen LogP contribution in [0.5, 0.6) is 0 Å².